The largest absolute Gasteiger partial charge is 0.396 e. The molecule has 0 atom stereocenters. The number of aliphatic hydroxyl groups is 1. The summed E-state index contributed by atoms with van der Waals surface area (Å²) >= 11 is 0. The van der Waals surface area contributed by atoms with Gasteiger partial charge in [0.2, 0.25) is 0 Å². The van der Waals surface area contributed by atoms with Gasteiger partial charge in [0.15, 0.2) is 0 Å². The summed E-state index contributed by atoms with van der Waals surface area (Å²) in [6, 6.07) is 0. The van der Waals surface area contributed by atoms with Crippen LogP contribution in [0.4, 0.5) is 0 Å². The van der Waals surface area contributed by atoms with Crippen molar-refractivity contribution in [3.63, 3.8) is 0 Å². The highest BCUT2D eigenvalue weighted by atomic mass is 24.3. The van der Waals surface area contributed by atoms with Gasteiger partial charge in [0.1, 0.15) is 0 Å². The van der Waals surface area contributed by atoms with Gasteiger partial charge in [-0.2, -0.15) is 0 Å². The minimum absolute atomic E-state index is 0. The van der Waals surface area contributed by atoms with Gasteiger partial charge >= 0.3 is 23.1 Å². The van der Waals surface area contributed by atoms with Crippen LogP contribution < -0.4 is 0 Å². The molecule has 0 aromatic heterocycles. The molecule has 0 saturated carbocycles. The maximum Gasteiger partial charge on any atom is 0.316 e. The maximum atomic E-state index is 8.40. The molecule has 0 fully saturated rings. The zero-order valence-electron chi connectivity index (χ0n) is 4.65. The van der Waals surface area contributed by atoms with Crippen molar-refractivity contribution >= 4 is 23.1 Å². The average Bonchev–Trinajstić information content (AvgIpc) is 1.35. The summed E-state index contributed by atoms with van der Waals surface area (Å²) in [6.45, 7) is 6.25. The topological polar surface area (TPSA) is 20.2 Å². The standard InChI is InChI=1S/C5H12O.Mg.2H/c1-5(2,3)4-6;;;/h6H,4H2,1-3H3;;;. The third-order valence-corrected chi connectivity index (χ3v) is 0.474. The third kappa shape index (κ3) is 10.8. The molecule has 0 saturated heterocycles. The Balaban J connectivity index is 0. The van der Waals surface area contributed by atoms with Crippen LogP contribution in [0, 0.1) is 5.41 Å². The van der Waals surface area contributed by atoms with Crippen LogP contribution in [0.15, 0.2) is 0 Å². The van der Waals surface area contributed by atoms with Crippen molar-refractivity contribution in [3.05, 3.63) is 0 Å². The lowest BCUT2D eigenvalue weighted by molar-refractivity contribution is 0.177. The SMILES string of the molecule is CC(C)(C)CO.[MgH2]. The van der Waals surface area contributed by atoms with Gasteiger partial charge in [0, 0.05) is 6.61 Å². The Labute approximate surface area is 61.3 Å². The number of hydrogen-bond acceptors (Lipinski definition) is 1. The Morgan fingerprint density at radius 2 is 1.43 bits per heavy atom. The van der Waals surface area contributed by atoms with Gasteiger partial charge in [0.05, 0.1) is 0 Å². The molecule has 0 aliphatic heterocycles. The van der Waals surface area contributed by atoms with Crippen molar-refractivity contribution in [2.45, 2.75) is 20.8 Å². The van der Waals surface area contributed by atoms with E-state index < -0.39 is 0 Å². The predicted octanol–water partition coefficient (Wildman–Crippen LogP) is 0.109. The molecule has 0 unspecified atom stereocenters. The fourth-order valence-electron chi connectivity index (χ4n) is 0. The number of rotatable bonds is 0. The highest BCUT2D eigenvalue weighted by Crippen LogP contribution is 2.09. The number of aliphatic hydroxyl groups excluding tert-OH is 1. The normalized spacial score (nSPS) is 10.3. The third-order valence-electron chi connectivity index (χ3n) is 0.474. The molecule has 7 heavy (non-hydrogen) atoms. The molecule has 0 spiro atoms. The first kappa shape index (κ1) is 10.7. The quantitative estimate of drug-likeness (QED) is 0.443. The van der Waals surface area contributed by atoms with E-state index in [-0.39, 0.29) is 35.1 Å². The van der Waals surface area contributed by atoms with Crippen molar-refractivity contribution in [1.29, 1.82) is 0 Å². The molecule has 0 aromatic carbocycles. The van der Waals surface area contributed by atoms with Crippen LogP contribution in [0.3, 0.4) is 0 Å². The zero-order valence-corrected chi connectivity index (χ0v) is 4.65. The van der Waals surface area contributed by atoms with Crippen molar-refractivity contribution in [2.75, 3.05) is 6.61 Å². The Bertz CT molecular complexity index is 37.8. The Kier molecular flexibility index (Phi) is 5.63. The van der Waals surface area contributed by atoms with E-state index in [9.17, 15) is 0 Å². The molecule has 0 heterocycles. The molecular weight excluding hydrogens is 100 g/mol. The lowest BCUT2D eigenvalue weighted by Crippen LogP contribution is -2.09. The second kappa shape index (κ2) is 3.69. The van der Waals surface area contributed by atoms with Crippen LogP contribution in [0.25, 0.3) is 0 Å². The van der Waals surface area contributed by atoms with E-state index in [1.165, 1.54) is 0 Å². The van der Waals surface area contributed by atoms with E-state index >= 15 is 0 Å². The van der Waals surface area contributed by atoms with Gasteiger partial charge in [-0.3, -0.25) is 0 Å². The summed E-state index contributed by atoms with van der Waals surface area (Å²) in [6.07, 6.45) is 0. The summed E-state index contributed by atoms with van der Waals surface area (Å²) in [5, 5.41) is 8.40. The van der Waals surface area contributed by atoms with E-state index in [0.717, 1.165) is 0 Å². The lowest BCUT2D eigenvalue weighted by atomic mass is 9.99. The highest BCUT2D eigenvalue weighted by molar-refractivity contribution is 5.75. The summed E-state index contributed by atoms with van der Waals surface area (Å²) in [5.74, 6) is 0. The molecule has 0 aromatic rings. The molecule has 0 bridgehead atoms. The maximum absolute atomic E-state index is 8.40. The summed E-state index contributed by atoms with van der Waals surface area (Å²) in [5.41, 5.74) is 0.0972. The van der Waals surface area contributed by atoms with Crippen molar-refractivity contribution in [1.82, 2.24) is 0 Å². The summed E-state index contributed by atoms with van der Waals surface area (Å²) < 4.78 is 0. The molecule has 1 N–H and O–H groups in total. The fraction of sp³-hybridized carbons (Fsp3) is 1.00. The second-order valence-corrected chi connectivity index (χ2v) is 2.72. The van der Waals surface area contributed by atoms with E-state index in [4.69, 9.17) is 5.11 Å². The zero-order chi connectivity index (χ0) is 5.21. The van der Waals surface area contributed by atoms with Crippen LogP contribution >= 0.6 is 0 Å². The van der Waals surface area contributed by atoms with Crippen LogP contribution in [0.1, 0.15) is 20.8 Å². The molecule has 0 radical (unpaired) electrons. The molecule has 0 aliphatic rings. The second-order valence-electron chi connectivity index (χ2n) is 2.72. The molecule has 42 valence electrons. The Morgan fingerprint density at radius 1 is 1.29 bits per heavy atom. The fourth-order valence-corrected chi connectivity index (χ4v) is 0. The van der Waals surface area contributed by atoms with Gasteiger partial charge in [-0.05, 0) is 5.41 Å². The molecule has 2 heteroatoms. The van der Waals surface area contributed by atoms with Gasteiger partial charge in [-0.15, -0.1) is 0 Å². The first-order valence-electron chi connectivity index (χ1n) is 2.17. The van der Waals surface area contributed by atoms with Crippen molar-refractivity contribution in [2.24, 2.45) is 5.41 Å². The van der Waals surface area contributed by atoms with Crippen LogP contribution in [-0.2, 0) is 0 Å². The molecular formula is C5H14MgO. The molecule has 1 nitrogen and oxygen atoms in total. The van der Waals surface area contributed by atoms with Crippen LogP contribution in [0.5, 0.6) is 0 Å². The van der Waals surface area contributed by atoms with E-state index in [0.29, 0.717) is 0 Å². The van der Waals surface area contributed by atoms with Crippen molar-refractivity contribution in [3.8, 4) is 0 Å². The van der Waals surface area contributed by atoms with Crippen molar-refractivity contribution < 1.29 is 5.11 Å². The monoisotopic (exact) mass is 114 g/mol. The highest BCUT2D eigenvalue weighted by Gasteiger charge is 2.05. The first-order valence-corrected chi connectivity index (χ1v) is 2.17. The lowest BCUT2D eigenvalue weighted by Gasteiger charge is -2.11. The van der Waals surface area contributed by atoms with Crippen LogP contribution in [0.2, 0.25) is 0 Å². The van der Waals surface area contributed by atoms with Gasteiger partial charge in [-0.25, -0.2) is 0 Å². The first-order chi connectivity index (χ1) is 2.56. The minimum atomic E-state index is 0. The van der Waals surface area contributed by atoms with Gasteiger partial charge < -0.3 is 5.11 Å². The van der Waals surface area contributed by atoms with Gasteiger partial charge in [0.25, 0.3) is 0 Å². The predicted molar refractivity (Wildman–Crippen MR) is 35.1 cm³/mol. The van der Waals surface area contributed by atoms with E-state index in [1.54, 1.807) is 0 Å². The van der Waals surface area contributed by atoms with Gasteiger partial charge in [-0.1, -0.05) is 20.8 Å². The van der Waals surface area contributed by atoms with E-state index in [1.807, 2.05) is 20.8 Å². The van der Waals surface area contributed by atoms with Crippen LogP contribution in [-0.4, -0.2) is 34.8 Å². The summed E-state index contributed by atoms with van der Waals surface area (Å²) in [7, 11) is 0. The average molecular weight is 114 g/mol. The van der Waals surface area contributed by atoms with E-state index in [2.05, 4.69) is 0 Å². The Hall–Kier alpha value is 0.726. The Morgan fingerprint density at radius 3 is 1.43 bits per heavy atom. The molecule has 0 rings (SSSR count). The number of hydrogen-bond donors (Lipinski definition) is 1. The molecule has 0 aliphatic carbocycles. The minimum Gasteiger partial charge on any atom is -0.396 e. The summed E-state index contributed by atoms with van der Waals surface area (Å²) in [4.78, 5) is 0. The smallest absolute Gasteiger partial charge is 0.316 e. The molecule has 0 amide bonds.